The lowest BCUT2D eigenvalue weighted by molar-refractivity contribution is 0.0901. The fourth-order valence-electron chi connectivity index (χ4n) is 2.13. The average molecular weight is 268 g/mol. The molecule has 1 aromatic carbocycles. The summed E-state index contributed by atoms with van der Waals surface area (Å²) in [5.74, 6) is 0.423. The molecular formula is C15H22ClNO. The molecule has 0 aliphatic carbocycles. The third-order valence-electron chi connectivity index (χ3n) is 3.70. The number of amides is 1. The topological polar surface area (TPSA) is 29.1 Å². The summed E-state index contributed by atoms with van der Waals surface area (Å²) in [5.41, 5.74) is 2.48. The van der Waals surface area contributed by atoms with Crippen LogP contribution >= 0.6 is 11.6 Å². The number of nitrogens with one attached hydrogen (secondary N) is 1. The van der Waals surface area contributed by atoms with Gasteiger partial charge in [-0.3, -0.25) is 4.79 Å². The summed E-state index contributed by atoms with van der Waals surface area (Å²) in [7, 11) is 0. The summed E-state index contributed by atoms with van der Waals surface area (Å²) in [6.45, 7) is 8.03. The SMILES string of the molecule is CCC(CC)(CCl)NC(=O)c1c(C)cccc1C. The highest BCUT2D eigenvalue weighted by molar-refractivity contribution is 6.19. The molecule has 0 radical (unpaired) electrons. The van der Waals surface area contributed by atoms with Gasteiger partial charge < -0.3 is 5.32 Å². The third-order valence-corrected chi connectivity index (χ3v) is 4.21. The van der Waals surface area contributed by atoms with Gasteiger partial charge in [0, 0.05) is 11.4 Å². The van der Waals surface area contributed by atoms with Crippen LogP contribution in [0.15, 0.2) is 18.2 Å². The number of alkyl halides is 1. The van der Waals surface area contributed by atoms with Crippen molar-refractivity contribution in [1.29, 1.82) is 0 Å². The minimum absolute atomic E-state index is 0.0186. The highest BCUT2D eigenvalue weighted by Crippen LogP contribution is 2.20. The Labute approximate surface area is 115 Å². The third kappa shape index (κ3) is 3.05. The number of hydrogen-bond acceptors (Lipinski definition) is 1. The van der Waals surface area contributed by atoms with E-state index in [1.807, 2.05) is 32.0 Å². The molecule has 0 atom stereocenters. The van der Waals surface area contributed by atoms with E-state index in [-0.39, 0.29) is 11.4 Å². The van der Waals surface area contributed by atoms with Crippen LogP contribution in [0.25, 0.3) is 0 Å². The molecule has 0 fully saturated rings. The van der Waals surface area contributed by atoms with Crippen LogP contribution in [-0.4, -0.2) is 17.3 Å². The Morgan fingerprint density at radius 2 is 1.72 bits per heavy atom. The van der Waals surface area contributed by atoms with Crippen LogP contribution in [0.3, 0.4) is 0 Å². The van der Waals surface area contributed by atoms with Gasteiger partial charge in [0.25, 0.3) is 5.91 Å². The van der Waals surface area contributed by atoms with E-state index in [4.69, 9.17) is 11.6 Å². The second kappa shape index (κ2) is 6.24. The zero-order valence-electron chi connectivity index (χ0n) is 11.6. The molecule has 0 aliphatic rings. The molecule has 1 amide bonds. The Bertz CT molecular complexity index is 396. The molecule has 0 saturated heterocycles. The van der Waals surface area contributed by atoms with Crippen molar-refractivity contribution in [2.24, 2.45) is 0 Å². The molecule has 100 valence electrons. The van der Waals surface area contributed by atoms with Crippen molar-refractivity contribution in [2.45, 2.75) is 46.1 Å². The maximum Gasteiger partial charge on any atom is 0.252 e. The normalized spacial score (nSPS) is 11.4. The van der Waals surface area contributed by atoms with E-state index >= 15 is 0 Å². The summed E-state index contributed by atoms with van der Waals surface area (Å²) in [5, 5.41) is 3.11. The predicted molar refractivity (Wildman–Crippen MR) is 77.4 cm³/mol. The van der Waals surface area contributed by atoms with Crippen LogP contribution in [0.4, 0.5) is 0 Å². The summed E-state index contributed by atoms with van der Waals surface area (Å²) < 4.78 is 0. The van der Waals surface area contributed by atoms with E-state index < -0.39 is 0 Å². The minimum atomic E-state index is -0.298. The molecule has 0 aliphatic heterocycles. The lowest BCUT2D eigenvalue weighted by Gasteiger charge is -2.31. The van der Waals surface area contributed by atoms with Gasteiger partial charge in [0.1, 0.15) is 0 Å². The molecule has 0 bridgehead atoms. The summed E-state index contributed by atoms with van der Waals surface area (Å²) >= 11 is 6.02. The highest BCUT2D eigenvalue weighted by atomic mass is 35.5. The monoisotopic (exact) mass is 267 g/mol. The molecule has 18 heavy (non-hydrogen) atoms. The highest BCUT2D eigenvalue weighted by Gasteiger charge is 2.28. The summed E-state index contributed by atoms with van der Waals surface area (Å²) in [6.07, 6.45) is 1.67. The smallest absolute Gasteiger partial charge is 0.252 e. The van der Waals surface area contributed by atoms with E-state index in [1.165, 1.54) is 0 Å². The Balaban J connectivity index is 3.02. The van der Waals surface area contributed by atoms with Crippen molar-refractivity contribution < 1.29 is 4.79 Å². The lowest BCUT2D eigenvalue weighted by atomic mass is 9.93. The molecule has 0 saturated carbocycles. The van der Waals surface area contributed by atoms with Crippen molar-refractivity contribution in [3.63, 3.8) is 0 Å². The van der Waals surface area contributed by atoms with Gasteiger partial charge in [-0.1, -0.05) is 32.0 Å². The van der Waals surface area contributed by atoms with Crippen LogP contribution in [-0.2, 0) is 0 Å². The Morgan fingerprint density at radius 1 is 1.22 bits per heavy atom. The lowest BCUT2D eigenvalue weighted by Crippen LogP contribution is -2.49. The number of carbonyl (C=O) groups is 1. The maximum absolute atomic E-state index is 12.4. The predicted octanol–water partition coefficient (Wildman–Crippen LogP) is 3.83. The van der Waals surface area contributed by atoms with Gasteiger partial charge in [0.05, 0.1) is 5.54 Å². The number of hydrogen-bond donors (Lipinski definition) is 1. The molecule has 0 heterocycles. The molecule has 3 heteroatoms. The van der Waals surface area contributed by atoms with Gasteiger partial charge in [-0.15, -0.1) is 11.6 Å². The second-order valence-corrected chi connectivity index (χ2v) is 5.11. The van der Waals surface area contributed by atoms with Crippen LogP contribution < -0.4 is 5.32 Å². The Kier molecular flexibility index (Phi) is 5.21. The number of carbonyl (C=O) groups excluding carboxylic acids is 1. The number of halogens is 1. The Morgan fingerprint density at radius 3 is 2.11 bits per heavy atom. The summed E-state index contributed by atoms with van der Waals surface area (Å²) in [4.78, 5) is 12.4. The fraction of sp³-hybridized carbons (Fsp3) is 0.533. The van der Waals surface area contributed by atoms with Gasteiger partial charge in [-0.05, 0) is 37.8 Å². The van der Waals surface area contributed by atoms with Crippen LogP contribution in [0, 0.1) is 13.8 Å². The quantitative estimate of drug-likeness (QED) is 0.807. The van der Waals surface area contributed by atoms with E-state index in [0.717, 1.165) is 29.5 Å². The van der Waals surface area contributed by atoms with Gasteiger partial charge in [0.15, 0.2) is 0 Å². The second-order valence-electron chi connectivity index (χ2n) is 4.84. The fourth-order valence-corrected chi connectivity index (χ4v) is 2.57. The van der Waals surface area contributed by atoms with Gasteiger partial charge >= 0.3 is 0 Å². The molecule has 0 spiro atoms. The minimum Gasteiger partial charge on any atom is -0.345 e. The molecular weight excluding hydrogens is 246 g/mol. The first-order valence-electron chi connectivity index (χ1n) is 6.44. The first-order valence-corrected chi connectivity index (χ1v) is 6.97. The van der Waals surface area contributed by atoms with Crippen molar-refractivity contribution in [3.05, 3.63) is 34.9 Å². The molecule has 2 nitrogen and oxygen atoms in total. The standard InChI is InChI=1S/C15H22ClNO/c1-5-15(6-2,10-16)17-14(18)13-11(3)8-7-9-12(13)4/h7-9H,5-6,10H2,1-4H3,(H,17,18). The first-order chi connectivity index (χ1) is 8.49. The van der Waals surface area contributed by atoms with Crippen LogP contribution in [0.5, 0.6) is 0 Å². The van der Waals surface area contributed by atoms with Crippen molar-refractivity contribution >= 4 is 17.5 Å². The summed E-state index contributed by atoms with van der Waals surface area (Å²) in [6, 6.07) is 5.89. The Hall–Kier alpha value is -1.02. The van der Waals surface area contributed by atoms with E-state index in [9.17, 15) is 4.79 Å². The molecule has 0 aromatic heterocycles. The maximum atomic E-state index is 12.4. The molecule has 1 N–H and O–H groups in total. The van der Waals surface area contributed by atoms with E-state index in [1.54, 1.807) is 0 Å². The largest absolute Gasteiger partial charge is 0.345 e. The van der Waals surface area contributed by atoms with E-state index in [0.29, 0.717) is 5.88 Å². The van der Waals surface area contributed by atoms with Crippen molar-refractivity contribution in [1.82, 2.24) is 5.32 Å². The van der Waals surface area contributed by atoms with Crippen LogP contribution in [0.2, 0.25) is 0 Å². The number of rotatable bonds is 5. The van der Waals surface area contributed by atoms with Crippen LogP contribution in [0.1, 0.15) is 48.2 Å². The van der Waals surface area contributed by atoms with Gasteiger partial charge in [-0.2, -0.15) is 0 Å². The van der Waals surface area contributed by atoms with E-state index in [2.05, 4.69) is 19.2 Å². The number of benzene rings is 1. The molecule has 1 rings (SSSR count). The van der Waals surface area contributed by atoms with Gasteiger partial charge in [-0.25, -0.2) is 0 Å². The van der Waals surface area contributed by atoms with Crippen molar-refractivity contribution in [3.8, 4) is 0 Å². The average Bonchev–Trinajstić information content (AvgIpc) is 2.36. The van der Waals surface area contributed by atoms with Crippen molar-refractivity contribution in [2.75, 3.05) is 5.88 Å². The zero-order valence-corrected chi connectivity index (χ0v) is 12.4. The first kappa shape index (κ1) is 15.0. The zero-order chi connectivity index (χ0) is 13.8. The molecule has 0 unspecified atom stereocenters. The molecule has 1 aromatic rings. The van der Waals surface area contributed by atoms with Gasteiger partial charge in [0.2, 0.25) is 0 Å². The number of aryl methyl sites for hydroxylation is 2.